The van der Waals surface area contributed by atoms with E-state index in [0.717, 1.165) is 6.07 Å². The summed E-state index contributed by atoms with van der Waals surface area (Å²) >= 11 is 5.59. The Kier molecular flexibility index (Phi) is 6.67. The fourth-order valence-electron chi connectivity index (χ4n) is 4.25. The van der Waals surface area contributed by atoms with Crippen molar-refractivity contribution in [3.63, 3.8) is 0 Å². The second kappa shape index (κ2) is 8.65. The topological polar surface area (TPSA) is 76.7 Å². The maximum atomic E-state index is 13.4. The molecule has 14 heteroatoms. The van der Waals surface area contributed by atoms with E-state index in [0.29, 0.717) is 25.0 Å². The summed E-state index contributed by atoms with van der Waals surface area (Å²) in [5.41, 5.74) is -1.36. The van der Waals surface area contributed by atoms with Gasteiger partial charge in [-0.2, -0.15) is 0 Å². The number of rotatable bonds is 9. The van der Waals surface area contributed by atoms with Gasteiger partial charge in [-0.05, 0) is 63.1 Å². The molecule has 2 aromatic carbocycles. The molecule has 0 saturated heterocycles. The monoisotopic (exact) mass is 560 g/mol. The van der Waals surface area contributed by atoms with Crippen molar-refractivity contribution in [2.45, 2.75) is 42.7 Å². The molecule has 36 heavy (non-hydrogen) atoms. The van der Waals surface area contributed by atoms with Crippen LogP contribution in [-0.2, 0) is 9.59 Å². The molecule has 200 valence electrons. The van der Waals surface area contributed by atoms with Crippen LogP contribution in [0.1, 0.15) is 26.7 Å². The summed E-state index contributed by atoms with van der Waals surface area (Å²) in [5.74, 6) is -1.79. The van der Waals surface area contributed by atoms with Crippen LogP contribution in [0.25, 0.3) is 0 Å². The third-order valence-electron chi connectivity index (χ3n) is 5.34. The van der Waals surface area contributed by atoms with Crippen molar-refractivity contribution in [1.82, 2.24) is 10.6 Å². The molecule has 2 N–H and O–H groups in total. The highest BCUT2D eigenvalue weighted by molar-refractivity contribution is 8.45. The summed E-state index contributed by atoms with van der Waals surface area (Å²) < 4.78 is 87.6. The molecule has 1 aliphatic carbocycles. The molecule has 0 unspecified atom stereocenters. The van der Waals surface area contributed by atoms with Gasteiger partial charge in [0.1, 0.15) is 22.2 Å². The molecule has 0 aliphatic heterocycles. The lowest BCUT2D eigenvalue weighted by Gasteiger charge is -2.53. The van der Waals surface area contributed by atoms with Crippen LogP contribution in [0.2, 0.25) is 5.02 Å². The van der Waals surface area contributed by atoms with Crippen molar-refractivity contribution in [1.29, 1.82) is 0 Å². The van der Waals surface area contributed by atoms with Gasteiger partial charge in [-0.1, -0.05) is 31.0 Å². The average Bonchev–Trinajstić information content (AvgIpc) is 2.70. The summed E-state index contributed by atoms with van der Waals surface area (Å²) in [4.78, 5) is 22.4. The van der Waals surface area contributed by atoms with E-state index in [1.165, 1.54) is 12.1 Å². The van der Waals surface area contributed by atoms with Gasteiger partial charge in [-0.3, -0.25) is 9.59 Å². The Hall–Kier alpha value is -2.80. The number of carbonyl (C=O) groups excluding carboxylic acids is 2. The average molecular weight is 561 g/mol. The number of nitrogens with one attached hydrogen (secondary N) is 2. The second-order valence-electron chi connectivity index (χ2n) is 9.16. The Morgan fingerprint density at radius 2 is 1.31 bits per heavy atom. The third-order valence-corrected chi connectivity index (χ3v) is 6.81. The van der Waals surface area contributed by atoms with Gasteiger partial charge in [0.15, 0.2) is 13.2 Å². The minimum absolute atomic E-state index is 0.0782. The molecule has 0 atom stereocenters. The molecule has 0 bridgehead atoms. The molecule has 2 aromatic rings. The normalized spacial score (nSPS) is 23.5. The minimum atomic E-state index is -9.78. The zero-order chi connectivity index (χ0) is 27.1. The first-order chi connectivity index (χ1) is 16.3. The lowest BCUT2D eigenvalue weighted by Crippen LogP contribution is -2.69. The zero-order valence-electron chi connectivity index (χ0n) is 19.1. The Bertz CT molecular complexity index is 1170. The summed E-state index contributed by atoms with van der Waals surface area (Å²) in [6.07, 6.45) is 0.706. The number of benzene rings is 2. The first-order valence-electron chi connectivity index (χ1n) is 10.4. The lowest BCUT2D eigenvalue weighted by molar-refractivity contribution is -0.129. The van der Waals surface area contributed by atoms with Crippen LogP contribution in [0.15, 0.2) is 47.4 Å². The summed E-state index contributed by atoms with van der Waals surface area (Å²) in [5, 5.41) is 5.42. The van der Waals surface area contributed by atoms with Crippen molar-refractivity contribution in [2.24, 2.45) is 0 Å². The number of ether oxygens (including phenoxy) is 2. The van der Waals surface area contributed by atoms with Crippen LogP contribution in [0.3, 0.4) is 0 Å². The maximum absolute atomic E-state index is 13.4. The Balaban J connectivity index is 1.43. The molecular formula is C22H23ClF6N2O4S. The van der Waals surface area contributed by atoms with E-state index in [-0.39, 0.29) is 35.3 Å². The number of hydrogen-bond donors (Lipinski definition) is 2. The van der Waals surface area contributed by atoms with E-state index in [1.54, 1.807) is 13.8 Å². The molecule has 1 fully saturated rings. The molecule has 0 spiro atoms. The first kappa shape index (κ1) is 27.8. The third kappa shape index (κ3) is 7.36. The number of amides is 2. The number of carbonyl (C=O) groups is 2. The molecule has 1 aliphatic rings. The van der Waals surface area contributed by atoms with Crippen molar-refractivity contribution in [2.75, 3.05) is 13.2 Å². The van der Waals surface area contributed by atoms with Crippen LogP contribution >= 0.6 is 21.8 Å². The Morgan fingerprint density at radius 3 is 1.75 bits per heavy atom. The highest BCUT2D eigenvalue weighted by atomic mass is 35.5. The largest absolute Gasteiger partial charge is 0.484 e. The molecule has 3 rings (SSSR count). The van der Waals surface area contributed by atoms with Gasteiger partial charge in [-0.25, -0.2) is 4.39 Å². The molecule has 1 saturated carbocycles. The first-order valence-corrected chi connectivity index (χ1v) is 12.8. The van der Waals surface area contributed by atoms with Crippen LogP contribution in [0.5, 0.6) is 11.5 Å². The second-order valence-corrected chi connectivity index (χ2v) is 12.0. The number of hydrogen-bond acceptors (Lipinski definition) is 4. The summed E-state index contributed by atoms with van der Waals surface area (Å²) in [7, 11) is -9.78. The van der Waals surface area contributed by atoms with Gasteiger partial charge < -0.3 is 20.1 Å². The van der Waals surface area contributed by atoms with Gasteiger partial charge in [-0.15, -0.1) is 0 Å². The van der Waals surface area contributed by atoms with Crippen molar-refractivity contribution in [3.8, 4) is 11.5 Å². The molecule has 0 aromatic heterocycles. The van der Waals surface area contributed by atoms with Gasteiger partial charge >= 0.3 is 10.2 Å². The van der Waals surface area contributed by atoms with E-state index >= 15 is 0 Å². The SMILES string of the molecule is CC1(NC(=O)COc2ccc(S(F)(F)(F)(F)F)cc2)CC(C)(NC(=O)COc2ccc(Cl)c(F)c2)C1. The Labute approximate surface area is 208 Å². The van der Waals surface area contributed by atoms with Crippen LogP contribution in [0.4, 0.5) is 23.8 Å². The van der Waals surface area contributed by atoms with Crippen LogP contribution in [-0.4, -0.2) is 36.1 Å². The van der Waals surface area contributed by atoms with Crippen LogP contribution < -0.4 is 20.1 Å². The predicted octanol–water partition coefficient (Wildman–Crippen LogP) is 6.14. The van der Waals surface area contributed by atoms with Gasteiger partial charge in [0, 0.05) is 17.1 Å². The predicted molar refractivity (Wildman–Crippen MR) is 123 cm³/mol. The molecule has 0 radical (unpaired) electrons. The fraction of sp³-hybridized carbons (Fsp3) is 0.364. The van der Waals surface area contributed by atoms with Gasteiger partial charge in [0.2, 0.25) is 0 Å². The zero-order valence-corrected chi connectivity index (χ0v) is 20.6. The van der Waals surface area contributed by atoms with E-state index in [1.807, 2.05) is 0 Å². The van der Waals surface area contributed by atoms with E-state index in [2.05, 4.69) is 10.6 Å². The molecular weight excluding hydrogens is 538 g/mol. The lowest BCUT2D eigenvalue weighted by atomic mass is 9.64. The smallest absolute Gasteiger partial charge is 0.310 e. The van der Waals surface area contributed by atoms with Crippen LogP contribution in [0, 0.1) is 5.82 Å². The molecule has 0 heterocycles. The van der Waals surface area contributed by atoms with Crippen molar-refractivity contribution >= 4 is 33.6 Å². The van der Waals surface area contributed by atoms with Gasteiger partial charge in [0.25, 0.3) is 11.8 Å². The standard InChI is InChI=1S/C22H23ClF6N2O4S/c1-21(30-19(32)10-34-14-3-6-16(7-4-14)36(25,26,27,28)29)12-22(2,13-21)31-20(33)11-35-15-5-8-17(23)18(24)9-15/h3-9H,10-13H2,1-2H3,(H,30,32)(H,31,33). The van der Waals surface area contributed by atoms with Gasteiger partial charge in [0.05, 0.1) is 5.02 Å². The quantitative estimate of drug-likeness (QED) is 0.361. The molecule has 6 nitrogen and oxygen atoms in total. The Morgan fingerprint density at radius 1 is 0.861 bits per heavy atom. The summed E-state index contributed by atoms with van der Waals surface area (Å²) in [6.45, 7) is 2.57. The summed E-state index contributed by atoms with van der Waals surface area (Å²) in [6, 6.07) is 5.58. The maximum Gasteiger partial charge on any atom is 0.310 e. The molecule has 2 amide bonds. The minimum Gasteiger partial charge on any atom is -0.484 e. The van der Waals surface area contributed by atoms with E-state index in [9.17, 15) is 33.4 Å². The van der Waals surface area contributed by atoms with E-state index < -0.39 is 50.4 Å². The number of halogens is 7. The van der Waals surface area contributed by atoms with E-state index in [4.69, 9.17) is 21.1 Å². The fourth-order valence-corrected chi connectivity index (χ4v) is 5.02. The van der Waals surface area contributed by atoms with Crippen molar-refractivity contribution in [3.05, 3.63) is 53.3 Å². The highest BCUT2D eigenvalue weighted by Gasteiger charge is 2.65. The van der Waals surface area contributed by atoms with Crippen molar-refractivity contribution < 1.29 is 42.9 Å². The highest BCUT2D eigenvalue weighted by Crippen LogP contribution is 3.02.